The molecule has 0 saturated carbocycles. The van der Waals surface area contributed by atoms with Crippen LogP contribution in [0.4, 0.5) is 10.1 Å². The summed E-state index contributed by atoms with van der Waals surface area (Å²) in [7, 11) is 3.45. The van der Waals surface area contributed by atoms with Gasteiger partial charge in [0.1, 0.15) is 11.9 Å². The molecule has 0 radical (unpaired) electrons. The van der Waals surface area contributed by atoms with Gasteiger partial charge in [-0.05, 0) is 25.6 Å². The number of fused-ring (bicyclic) bond motifs is 1. The standard InChI is InChI=1S/C17H19FN4O4.ClH/c1-19-5-6-21(2)13-8-10-9(7-11(13)18)16(25)22(17(10)26)12-3-4-14(23)20-15(12)24;/h7-8,12,19H,3-6H2,1-2H3,(H,20,23,24);1H. The molecule has 0 bridgehead atoms. The molecule has 0 spiro atoms. The Bertz CT molecular complexity index is 816. The summed E-state index contributed by atoms with van der Waals surface area (Å²) in [5.41, 5.74) is 0.195. The van der Waals surface area contributed by atoms with Crippen molar-refractivity contribution in [3.63, 3.8) is 0 Å². The van der Waals surface area contributed by atoms with Gasteiger partial charge in [0, 0.05) is 26.6 Å². The zero-order valence-corrected chi connectivity index (χ0v) is 15.7. The van der Waals surface area contributed by atoms with Crippen molar-refractivity contribution in [2.75, 3.05) is 32.1 Å². The Balaban J connectivity index is 0.00000261. The lowest BCUT2D eigenvalue weighted by atomic mass is 10.0. The van der Waals surface area contributed by atoms with E-state index in [2.05, 4.69) is 10.6 Å². The van der Waals surface area contributed by atoms with Gasteiger partial charge in [0.05, 0.1) is 16.8 Å². The molecule has 8 nitrogen and oxygen atoms in total. The Morgan fingerprint density at radius 1 is 1.22 bits per heavy atom. The zero-order valence-electron chi connectivity index (χ0n) is 14.9. The number of likely N-dealkylation sites (N-methyl/N-ethyl adjacent to an activating group) is 2. The topological polar surface area (TPSA) is 98.8 Å². The zero-order chi connectivity index (χ0) is 19.0. The normalized spacial score (nSPS) is 18.9. The van der Waals surface area contributed by atoms with E-state index in [9.17, 15) is 23.6 Å². The fourth-order valence-corrected chi connectivity index (χ4v) is 3.17. The Hall–Kier alpha value is -2.52. The summed E-state index contributed by atoms with van der Waals surface area (Å²) in [6.07, 6.45) is 0.101. The van der Waals surface area contributed by atoms with Gasteiger partial charge in [-0.1, -0.05) is 0 Å². The maximum absolute atomic E-state index is 14.5. The summed E-state index contributed by atoms with van der Waals surface area (Å²) in [6, 6.07) is 1.31. The molecule has 0 aromatic heterocycles. The highest BCUT2D eigenvalue weighted by molar-refractivity contribution is 6.23. The number of rotatable bonds is 5. The van der Waals surface area contributed by atoms with E-state index in [0.29, 0.717) is 13.1 Å². The number of nitrogens with one attached hydrogen (secondary N) is 2. The van der Waals surface area contributed by atoms with Crippen LogP contribution in [-0.2, 0) is 9.59 Å². The van der Waals surface area contributed by atoms with Crippen molar-refractivity contribution >= 4 is 41.7 Å². The van der Waals surface area contributed by atoms with Crippen molar-refractivity contribution in [2.45, 2.75) is 18.9 Å². The van der Waals surface area contributed by atoms with Gasteiger partial charge >= 0.3 is 0 Å². The van der Waals surface area contributed by atoms with Crippen molar-refractivity contribution in [3.8, 4) is 0 Å². The second-order valence-electron chi connectivity index (χ2n) is 6.32. The average molecular weight is 399 g/mol. The third kappa shape index (κ3) is 3.65. The monoisotopic (exact) mass is 398 g/mol. The number of benzene rings is 1. The fourth-order valence-electron chi connectivity index (χ4n) is 3.17. The highest BCUT2D eigenvalue weighted by Gasteiger charge is 2.45. The van der Waals surface area contributed by atoms with Crippen LogP contribution in [0.25, 0.3) is 0 Å². The third-order valence-corrected chi connectivity index (χ3v) is 4.62. The number of amides is 4. The van der Waals surface area contributed by atoms with E-state index < -0.39 is 35.5 Å². The molecule has 2 aliphatic rings. The van der Waals surface area contributed by atoms with Crippen LogP contribution < -0.4 is 15.5 Å². The van der Waals surface area contributed by atoms with Gasteiger partial charge in [-0.2, -0.15) is 0 Å². The molecule has 2 N–H and O–H groups in total. The Morgan fingerprint density at radius 2 is 1.85 bits per heavy atom. The van der Waals surface area contributed by atoms with Gasteiger partial charge in [-0.3, -0.25) is 29.4 Å². The minimum absolute atomic E-state index is 0. The van der Waals surface area contributed by atoms with Crippen LogP contribution in [0, 0.1) is 5.82 Å². The molecule has 1 saturated heterocycles. The summed E-state index contributed by atoms with van der Waals surface area (Å²) in [4.78, 5) is 51.1. The molecule has 10 heteroatoms. The summed E-state index contributed by atoms with van der Waals surface area (Å²) >= 11 is 0. The lowest BCUT2D eigenvalue weighted by molar-refractivity contribution is -0.136. The van der Waals surface area contributed by atoms with Gasteiger partial charge < -0.3 is 10.2 Å². The van der Waals surface area contributed by atoms with Crippen molar-refractivity contribution < 1.29 is 23.6 Å². The van der Waals surface area contributed by atoms with E-state index in [0.717, 1.165) is 11.0 Å². The second-order valence-corrected chi connectivity index (χ2v) is 6.32. The molecule has 4 amide bonds. The van der Waals surface area contributed by atoms with Crippen LogP contribution in [0.2, 0.25) is 0 Å². The first kappa shape index (κ1) is 20.8. The van der Waals surface area contributed by atoms with Crippen LogP contribution in [0.15, 0.2) is 12.1 Å². The van der Waals surface area contributed by atoms with E-state index in [4.69, 9.17) is 0 Å². The molecule has 1 aromatic rings. The highest BCUT2D eigenvalue weighted by Crippen LogP contribution is 2.32. The smallest absolute Gasteiger partial charge is 0.262 e. The Morgan fingerprint density at radius 3 is 2.44 bits per heavy atom. The first-order valence-electron chi connectivity index (χ1n) is 8.26. The van der Waals surface area contributed by atoms with E-state index in [1.807, 2.05) is 0 Å². The molecule has 3 rings (SSSR count). The molecule has 0 aliphatic carbocycles. The highest BCUT2D eigenvalue weighted by atomic mass is 35.5. The first-order chi connectivity index (χ1) is 12.3. The van der Waals surface area contributed by atoms with E-state index in [-0.39, 0.29) is 42.1 Å². The van der Waals surface area contributed by atoms with Crippen molar-refractivity contribution in [2.24, 2.45) is 0 Å². The number of imide groups is 2. The number of carbonyl (C=O) groups excluding carboxylic acids is 4. The third-order valence-electron chi connectivity index (χ3n) is 4.62. The molecule has 146 valence electrons. The van der Waals surface area contributed by atoms with Crippen LogP contribution >= 0.6 is 12.4 Å². The number of hydrogen-bond acceptors (Lipinski definition) is 6. The molecule has 1 atom stereocenters. The molecule has 2 aliphatic heterocycles. The lowest BCUT2D eigenvalue weighted by Crippen LogP contribution is -2.54. The number of carbonyl (C=O) groups is 4. The number of halogens is 2. The SMILES string of the molecule is CNCCN(C)c1cc2c(cc1F)C(=O)N(C1CCC(=O)NC1=O)C2=O.Cl. The maximum Gasteiger partial charge on any atom is 0.262 e. The summed E-state index contributed by atoms with van der Waals surface area (Å²) < 4.78 is 14.5. The molecular weight excluding hydrogens is 379 g/mol. The van der Waals surface area contributed by atoms with Crippen LogP contribution in [0.5, 0.6) is 0 Å². The van der Waals surface area contributed by atoms with Gasteiger partial charge in [-0.25, -0.2) is 4.39 Å². The van der Waals surface area contributed by atoms with Crippen molar-refractivity contribution in [1.29, 1.82) is 0 Å². The van der Waals surface area contributed by atoms with Gasteiger partial charge in [0.2, 0.25) is 11.8 Å². The minimum atomic E-state index is -1.06. The number of piperidine rings is 1. The average Bonchev–Trinajstić information content (AvgIpc) is 2.83. The molecule has 1 fully saturated rings. The Kier molecular flexibility index (Phi) is 6.17. The molecule has 27 heavy (non-hydrogen) atoms. The van der Waals surface area contributed by atoms with Crippen molar-refractivity contribution in [3.05, 3.63) is 29.1 Å². The molecular formula is C17H20ClFN4O4. The first-order valence-corrected chi connectivity index (χ1v) is 8.26. The van der Waals surface area contributed by atoms with Gasteiger partial charge in [0.15, 0.2) is 0 Å². The van der Waals surface area contributed by atoms with Crippen LogP contribution in [0.3, 0.4) is 0 Å². The predicted molar refractivity (Wildman–Crippen MR) is 97.5 cm³/mol. The quantitative estimate of drug-likeness (QED) is 0.692. The summed E-state index contributed by atoms with van der Waals surface area (Å²) in [5.74, 6) is -3.12. The molecule has 1 aromatic carbocycles. The van der Waals surface area contributed by atoms with Crippen LogP contribution in [-0.4, -0.2) is 61.8 Å². The van der Waals surface area contributed by atoms with E-state index >= 15 is 0 Å². The van der Waals surface area contributed by atoms with Gasteiger partial charge in [-0.15, -0.1) is 12.4 Å². The van der Waals surface area contributed by atoms with E-state index in [1.54, 1.807) is 19.0 Å². The van der Waals surface area contributed by atoms with E-state index in [1.165, 1.54) is 6.07 Å². The maximum atomic E-state index is 14.5. The van der Waals surface area contributed by atoms with Crippen LogP contribution in [0.1, 0.15) is 33.6 Å². The minimum Gasteiger partial charge on any atom is -0.371 e. The Labute approximate surface area is 161 Å². The van der Waals surface area contributed by atoms with Gasteiger partial charge in [0.25, 0.3) is 11.8 Å². The number of anilines is 1. The number of hydrogen-bond donors (Lipinski definition) is 2. The summed E-state index contributed by atoms with van der Waals surface area (Å²) in [6.45, 7) is 1.12. The molecule has 1 unspecified atom stereocenters. The molecule has 2 heterocycles. The predicted octanol–water partition coefficient (Wildman–Crippen LogP) is 0.304. The van der Waals surface area contributed by atoms with Crippen molar-refractivity contribution in [1.82, 2.24) is 15.5 Å². The fraction of sp³-hybridized carbons (Fsp3) is 0.412. The number of nitrogens with zero attached hydrogens (tertiary/aromatic N) is 2. The lowest BCUT2D eigenvalue weighted by Gasteiger charge is -2.27. The second kappa shape index (κ2) is 8.01. The largest absolute Gasteiger partial charge is 0.371 e. The summed E-state index contributed by atoms with van der Waals surface area (Å²) in [5, 5.41) is 5.07.